The van der Waals surface area contributed by atoms with Crippen molar-refractivity contribution in [2.75, 3.05) is 31.1 Å². The van der Waals surface area contributed by atoms with Gasteiger partial charge in [-0.2, -0.15) is 10.1 Å². The maximum Gasteiger partial charge on any atom is 0.272 e. The van der Waals surface area contributed by atoms with E-state index >= 15 is 0 Å². The number of aromatic nitrogens is 5. The van der Waals surface area contributed by atoms with Gasteiger partial charge in [0.2, 0.25) is 5.95 Å². The molecule has 0 aromatic carbocycles. The summed E-state index contributed by atoms with van der Waals surface area (Å²) in [5.74, 6) is 0.708. The van der Waals surface area contributed by atoms with E-state index in [1.165, 1.54) is 6.33 Å². The quantitative estimate of drug-likeness (QED) is 0.758. The van der Waals surface area contributed by atoms with Crippen molar-refractivity contribution in [1.82, 2.24) is 29.5 Å². The van der Waals surface area contributed by atoms with Crippen LogP contribution in [0.2, 0.25) is 5.02 Å². The number of carbonyl (C=O) groups is 1. The highest BCUT2D eigenvalue weighted by molar-refractivity contribution is 6.30. The molecule has 8 nitrogen and oxygen atoms in total. The van der Waals surface area contributed by atoms with E-state index in [1.807, 2.05) is 17.9 Å². The summed E-state index contributed by atoms with van der Waals surface area (Å²) in [7, 11) is 0. The summed E-state index contributed by atoms with van der Waals surface area (Å²) in [6, 6.07) is 3.59. The standard InChI is InChI=1S/C15H16ClN7O/c1-10-13(23-8-11(16)2-3-12(23)19-10)14(24)21-4-6-22(7-5-21)15-17-9-18-20-15/h2-3,8-9H,4-7H2,1H3,(H,17,18,20). The first kappa shape index (κ1) is 14.9. The second-order valence-corrected chi connectivity index (χ2v) is 6.15. The van der Waals surface area contributed by atoms with E-state index in [1.54, 1.807) is 16.7 Å². The normalized spacial score (nSPS) is 15.2. The van der Waals surface area contributed by atoms with Crippen LogP contribution in [0.1, 0.15) is 16.2 Å². The van der Waals surface area contributed by atoms with Gasteiger partial charge in [0.25, 0.3) is 5.91 Å². The molecule has 0 bridgehead atoms. The van der Waals surface area contributed by atoms with Crippen molar-refractivity contribution in [2.24, 2.45) is 0 Å². The van der Waals surface area contributed by atoms with Crippen LogP contribution in [-0.4, -0.2) is 61.6 Å². The fraction of sp³-hybridized carbons (Fsp3) is 0.333. The lowest BCUT2D eigenvalue weighted by Crippen LogP contribution is -2.49. The molecule has 0 atom stereocenters. The molecule has 24 heavy (non-hydrogen) atoms. The lowest BCUT2D eigenvalue weighted by atomic mass is 10.2. The van der Waals surface area contributed by atoms with Crippen LogP contribution >= 0.6 is 11.6 Å². The molecule has 1 amide bonds. The van der Waals surface area contributed by atoms with E-state index in [9.17, 15) is 4.79 Å². The highest BCUT2D eigenvalue weighted by Crippen LogP contribution is 2.19. The minimum Gasteiger partial charge on any atom is -0.338 e. The molecule has 1 aliphatic heterocycles. The molecule has 4 rings (SSSR count). The molecule has 1 aliphatic rings. The van der Waals surface area contributed by atoms with Crippen LogP contribution in [0.3, 0.4) is 0 Å². The molecule has 4 heterocycles. The molecule has 1 saturated heterocycles. The van der Waals surface area contributed by atoms with Crippen molar-refractivity contribution in [3.8, 4) is 0 Å². The van der Waals surface area contributed by atoms with Gasteiger partial charge in [0.1, 0.15) is 17.7 Å². The molecule has 1 N–H and O–H groups in total. The summed E-state index contributed by atoms with van der Waals surface area (Å²) in [5.41, 5.74) is 2.00. The number of rotatable bonds is 2. The predicted octanol–water partition coefficient (Wildman–Crippen LogP) is 1.38. The number of piperazine rings is 1. The summed E-state index contributed by atoms with van der Waals surface area (Å²) in [6.45, 7) is 4.49. The number of nitrogens with one attached hydrogen (secondary N) is 1. The topological polar surface area (TPSA) is 82.4 Å². The summed E-state index contributed by atoms with van der Waals surface area (Å²) in [5, 5.41) is 7.29. The van der Waals surface area contributed by atoms with Gasteiger partial charge in [-0.25, -0.2) is 10.1 Å². The Kier molecular flexibility index (Phi) is 3.61. The fourth-order valence-electron chi connectivity index (χ4n) is 3.02. The van der Waals surface area contributed by atoms with Crippen molar-refractivity contribution in [3.63, 3.8) is 0 Å². The minimum absolute atomic E-state index is 0.0283. The number of amides is 1. The summed E-state index contributed by atoms with van der Waals surface area (Å²) < 4.78 is 1.77. The Morgan fingerprint density at radius 3 is 2.75 bits per heavy atom. The van der Waals surface area contributed by atoms with E-state index in [0.29, 0.717) is 42.6 Å². The molecule has 1 fully saturated rings. The maximum atomic E-state index is 13.0. The van der Waals surface area contributed by atoms with E-state index in [4.69, 9.17) is 11.6 Å². The van der Waals surface area contributed by atoms with Gasteiger partial charge in [0.05, 0.1) is 10.7 Å². The number of aromatic amines is 1. The number of halogens is 1. The van der Waals surface area contributed by atoms with Gasteiger partial charge in [-0.1, -0.05) is 11.6 Å². The third kappa shape index (κ3) is 2.48. The smallest absolute Gasteiger partial charge is 0.272 e. The molecular weight excluding hydrogens is 330 g/mol. The summed E-state index contributed by atoms with van der Waals surface area (Å²) in [4.78, 5) is 25.5. The average Bonchev–Trinajstić information content (AvgIpc) is 3.21. The van der Waals surface area contributed by atoms with Crippen molar-refractivity contribution in [3.05, 3.63) is 41.1 Å². The number of hydrogen-bond donors (Lipinski definition) is 1. The Hall–Kier alpha value is -2.61. The van der Waals surface area contributed by atoms with Crippen molar-refractivity contribution in [2.45, 2.75) is 6.92 Å². The van der Waals surface area contributed by atoms with Gasteiger partial charge in [-0.3, -0.25) is 9.20 Å². The lowest BCUT2D eigenvalue weighted by molar-refractivity contribution is 0.0738. The maximum absolute atomic E-state index is 13.0. The number of hydrogen-bond acceptors (Lipinski definition) is 5. The molecule has 0 radical (unpaired) electrons. The van der Waals surface area contributed by atoms with Crippen molar-refractivity contribution < 1.29 is 4.79 Å². The van der Waals surface area contributed by atoms with E-state index in [-0.39, 0.29) is 5.91 Å². The minimum atomic E-state index is -0.0283. The third-order valence-corrected chi connectivity index (χ3v) is 4.45. The van der Waals surface area contributed by atoms with Crippen LogP contribution in [0.25, 0.3) is 5.65 Å². The zero-order valence-corrected chi connectivity index (χ0v) is 13.9. The molecule has 0 aliphatic carbocycles. The zero-order chi connectivity index (χ0) is 16.7. The third-order valence-electron chi connectivity index (χ3n) is 4.23. The Morgan fingerprint density at radius 1 is 1.25 bits per heavy atom. The number of nitrogens with zero attached hydrogens (tertiary/aromatic N) is 6. The predicted molar refractivity (Wildman–Crippen MR) is 89.4 cm³/mol. The first-order chi connectivity index (χ1) is 11.6. The number of H-pyrrole nitrogens is 1. The molecule has 3 aromatic rings. The van der Waals surface area contributed by atoms with Crippen molar-refractivity contribution in [1.29, 1.82) is 0 Å². The van der Waals surface area contributed by atoms with Gasteiger partial charge >= 0.3 is 0 Å². The monoisotopic (exact) mass is 345 g/mol. The second-order valence-electron chi connectivity index (χ2n) is 5.71. The van der Waals surface area contributed by atoms with Crippen LogP contribution in [0.4, 0.5) is 5.95 Å². The van der Waals surface area contributed by atoms with Gasteiger partial charge in [0, 0.05) is 32.4 Å². The van der Waals surface area contributed by atoms with Crippen LogP contribution in [0.15, 0.2) is 24.7 Å². The molecule has 124 valence electrons. The molecule has 3 aromatic heterocycles. The number of imidazole rings is 1. The first-order valence-electron chi connectivity index (χ1n) is 7.67. The van der Waals surface area contributed by atoms with Gasteiger partial charge in [0.15, 0.2) is 0 Å². The number of fused-ring (bicyclic) bond motifs is 1. The highest BCUT2D eigenvalue weighted by atomic mass is 35.5. The Labute approximate surface area is 143 Å². The van der Waals surface area contributed by atoms with Gasteiger partial charge in [-0.15, -0.1) is 0 Å². The van der Waals surface area contributed by atoms with Crippen LogP contribution in [0.5, 0.6) is 0 Å². The molecule has 0 spiro atoms. The summed E-state index contributed by atoms with van der Waals surface area (Å²) in [6.07, 6.45) is 3.22. The highest BCUT2D eigenvalue weighted by Gasteiger charge is 2.27. The SMILES string of the molecule is Cc1nc2ccc(Cl)cn2c1C(=O)N1CCN(c2ncn[nH]2)CC1. The van der Waals surface area contributed by atoms with Gasteiger partial charge in [-0.05, 0) is 19.1 Å². The largest absolute Gasteiger partial charge is 0.338 e. The van der Waals surface area contributed by atoms with Crippen molar-refractivity contribution >= 4 is 29.1 Å². The average molecular weight is 346 g/mol. The Balaban J connectivity index is 1.57. The summed E-state index contributed by atoms with van der Waals surface area (Å²) >= 11 is 6.07. The Morgan fingerprint density at radius 2 is 2.04 bits per heavy atom. The Bertz CT molecular complexity index is 881. The molecule has 0 saturated carbocycles. The van der Waals surface area contributed by atoms with Crippen LogP contribution < -0.4 is 4.90 Å². The molecule has 0 unspecified atom stereocenters. The molecular formula is C15H16ClN7O. The van der Waals surface area contributed by atoms with Crippen LogP contribution in [0, 0.1) is 6.92 Å². The molecule has 9 heteroatoms. The van der Waals surface area contributed by atoms with E-state index in [2.05, 4.69) is 25.1 Å². The van der Waals surface area contributed by atoms with E-state index in [0.717, 1.165) is 11.6 Å². The lowest BCUT2D eigenvalue weighted by Gasteiger charge is -2.34. The zero-order valence-electron chi connectivity index (χ0n) is 13.1. The fourth-order valence-corrected chi connectivity index (χ4v) is 3.18. The van der Waals surface area contributed by atoms with E-state index < -0.39 is 0 Å². The number of pyridine rings is 1. The van der Waals surface area contributed by atoms with Crippen LogP contribution in [-0.2, 0) is 0 Å². The van der Waals surface area contributed by atoms with Gasteiger partial charge < -0.3 is 9.80 Å². The second kappa shape index (κ2) is 5.79. The first-order valence-corrected chi connectivity index (χ1v) is 8.05. The number of aryl methyl sites for hydroxylation is 1. The number of anilines is 1. The number of carbonyl (C=O) groups excluding carboxylic acids is 1.